The fourth-order valence-electron chi connectivity index (χ4n) is 3.52. The second-order valence-electron chi connectivity index (χ2n) is 6.70. The molecule has 0 heterocycles. The molecule has 0 saturated heterocycles. The van der Waals surface area contributed by atoms with Gasteiger partial charge < -0.3 is 10.6 Å². The summed E-state index contributed by atoms with van der Waals surface area (Å²) in [6.07, 6.45) is 8.68. The average Bonchev–Trinajstić information content (AvgIpc) is 3.09. The molecule has 0 aromatic heterocycles. The van der Waals surface area contributed by atoms with Crippen molar-refractivity contribution < 1.29 is 9.59 Å². The minimum atomic E-state index is -0.0291. The fraction of sp³-hybridized carbons (Fsp3) is 0.444. The standard InChI is InChI=1S/C18H20N2O2/c21-17(19-15-7-8-15)12-3-5-14(6-4-12)20-18(22)16-10-11-1-2-13(16)9-11/h1-6,11,13,15-16H,7-10H2,(H,19,21)(H,20,22)/t11-,13-,16-/m0/s1. The summed E-state index contributed by atoms with van der Waals surface area (Å²) in [5, 5.41) is 5.94. The summed E-state index contributed by atoms with van der Waals surface area (Å²) < 4.78 is 0. The molecular formula is C18H20N2O2. The zero-order chi connectivity index (χ0) is 15.1. The van der Waals surface area contributed by atoms with Crippen molar-refractivity contribution in [3.05, 3.63) is 42.0 Å². The molecular weight excluding hydrogens is 276 g/mol. The van der Waals surface area contributed by atoms with Crippen molar-refractivity contribution in [2.24, 2.45) is 17.8 Å². The van der Waals surface area contributed by atoms with E-state index >= 15 is 0 Å². The summed E-state index contributed by atoms with van der Waals surface area (Å²) in [5.74, 6) is 1.18. The average molecular weight is 296 g/mol. The van der Waals surface area contributed by atoms with Gasteiger partial charge in [0.2, 0.25) is 5.91 Å². The predicted octanol–water partition coefficient (Wildman–Crippen LogP) is 2.73. The highest BCUT2D eigenvalue weighted by molar-refractivity contribution is 5.96. The minimum absolute atomic E-state index is 0.0291. The Morgan fingerprint density at radius 3 is 2.36 bits per heavy atom. The van der Waals surface area contributed by atoms with E-state index in [2.05, 4.69) is 22.8 Å². The van der Waals surface area contributed by atoms with Crippen LogP contribution in [0.3, 0.4) is 0 Å². The van der Waals surface area contributed by atoms with Gasteiger partial charge in [0, 0.05) is 23.2 Å². The first-order chi connectivity index (χ1) is 10.7. The first-order valence-electron chi connectivity index (χ1n) is 8.09. The summed E-state index contributed by atoms with van der Waals surface area (Å²) in [6, 6.07) is 7.52. The van der Waals surface area contributed by atoms with E-state index in [-0.39, 0.29) is 17.7 Å². The van der Waals surface area contributed by atoms with Crippen LogP contribution in [0.15, 0.2) is 36.4 Å². The Morgan fingerprint density at radius 2 is 1.77 bits per heavy atom. The molecule has 2 bridgehead atoms. The van der Waals surface area contributed by atoms with Crippen LogP contribution in [0.4, 0.5) is 5.69 Å². The molecule has 4 heteroatoms. The van der Waals surface area contributed by atoms with Crippen molar-refractivity contribution in [2.45, 2.75) is 31.7 Å². The molecule has 0 spiro atoms. The number of anilines is 1. The first-order valence-corrected chi connectivity index (χ1v) is 8.09. The highest BCUT2D eigenvalue weighted by Crippen LogP contribution is 2.43. The maximum Gasteiger partial charge on any atom is 0.251 e. The van der Waals surface area contributed by atoms with Gasteiger partial charge >= 0.3 is 0 Å². The van der Waals surface area contributed by atoms with E-state index in [1.165, 1.54) is 0 Å². The van der Waals surface area contributed by atoms with Crippen molar-refractivity contribution in [1.82, 2.24) is 5.32 Å². The van der Waals surface area contributed by atoms with Gasteiger partial charge in [-0.15, -0.1) is 0 Å². The van der Waals surface area contributed by atoms with Gasteiger partial charge in [0.05, 0.1) is 0 Å². The molecule has 2 fully saturated rings. The second kappa shape index (κ2) is 5.27. The Balaban J connectivity index is 1.37. The molecule has 1 aromatic rings. The molecule has 3 aliphatic rings. The number of rotatable bonds is 4. The number of amides is 2. The van der Waals surface area contributed by atoms with E-state index in [1.54, 1.807) is 12.1 Å². The van der Waals surface area contributed by atoms with Crippen LogP contribution in [0, 0.1) is 17.8 Å². The lowest BCUT2D eigenvalue weighted by atomic mass is 9.93. The Kier molecular flexibility index (Phi) is 3.25. The molecule has 0 aliphatic heterocycles. The van der Waals surface area contributed by atoms with Crippen LogP contribution in [-0.2, 0) is 4.79 Å². The molecule has 2 N–H and O–H groups in total. The van der Waals surface area contributed by atoms with Crippen LogP contribution in [0.5, 0.6) is 0 Å². The van der Waals surface area contributed by atoms with E-state index in [4.69, 9.17) is 0 Å². The van der Waals surface area contributed by atoms with Gasteiger partial charge in [-0.05, 0) is 61.8 Å². The van der Waals surface area contributed by atoms with E-state index in [0.29, 0.717) is 23.4 Å². The molecule has 4 nitrogen and oxygen atoms in total. The zero-order valence-electron chi connectivity index (χ0n) is 12.4. The third kappa shape index (κ3) is 2.65. The number of allylic oxidation sites excluding steroid dienone is 2. The van der Waals surface area contributed by atoms with Crippen molar-refractivity contribution in [2.75, 3.05) is 5.32 Å². The molecule has 2 saturated carbocycles. The van der Waals surface area contributed by atoms with Crippen molar-refractivity contribution in [3.8, 4) is 0 Å². The van der Waals surface area contributed by atoms with Gasteiger partial charge in [-0.2, -0.15) is 0 Å². The van der Waals surface area contributed by atoms with E-state index in [9.17, 15) is 9.59 Å². The first kappa shape index (κ1) is 13.6. The normalized spacial score (nSPS) is 28.6. The Bertz CT molecular complexity index is 631. The lowest BCUT2D eigenvalue weighted by Gasteiger charge is -2.17. The third-order valence-electron chi connectivity index (χ3n) is 4.94. The maximum absolute atomic E-state index is 12.4. The molecule has 0 radical (unpaired) electrons. The maximum atomic E-state index is 12.4. The summed E-state index contributed by atoms with van der Waals surface area (Å²) in [5.41, 5.74) is 1.41. The topological polar surface area (TPSA) is 58.2 Å². The highest BCUT2D eigenvalue weighted by atomic mass is 16.2. The fourth-order valence-corrected chi connectivity index (χ4v) is 3.52. The molecule has 0 unspecified atom stereocenters. The Labute approximate surface area is 130 Å². The molecule has 4 rings (SSSR count). The summed E-state index contributed by atoms with van der Waals surface area (Å²) in [6.45, 7) is 0. The lowest BCUT2D eigenvalue weighted by molar-refractivity contribution is -0.120. The quantitative estimate of drug-likeness (QED) is 0.839. The number of carbonyl (C=O) groups is 2. The van der Waals surface area contributed by atoms with Crippen LogP contribution < -0.4 is 10.6 Å². The monoisotopic (exact) mass is 296 g/mol. The van der Waals surface area contributed by atoms with Gasteiger partial charge in [0.25, 0.3) is 5.91 Å². The number of nitrogens with one attached hydrogen (secondary N) is 2. The Hall–Kier alpha value is -2.10. The molecule has 3 aliphatic carbocycles. The van der Waals surface area contributed by atoms with Crippen molar-refractivity contribution in [3.63, 3.8) is 0 Å². The van der Waals surface area contributed by atoms with Crippen LogP contribution >= 0.6 is 0 Å². The zero-order valence-corrected chi connectivity index (χ0v) is 12.4. The molecule has 1 aromatic carbocycles. The van der Waals surface area contributed by atoms with Gasteiger partial charge in [-0.3, -0.25) is 9.59 Å². The number of hydrogen-bond donors (Lipinski definition) is 2. The SMILES string of the molecule is O=C(NC1CC1)c1ccc(NC(=O)[C@H]2C[C@H]3C=C[C@H]2C3)cc1. The number of hydrogen-bond acceptors (Lipinski definition) is 2. The van der Waals surface area contributed by atoms with Crippen LogP contribution in [0.2, 0.25) is 0 Å². The van der Waals surface area contributed by atoms with Gasteiger partial charge in [0.1, 0.15) is 0 Å². The molecule has 2 amide bonds. The smallest absolute Gasteiger partial charge is 0.251 e. The largest absolute Gasteiger partial charge is 0.349 e. The predicted molar refractivity (Wildman–Crippen MR) is 84.4 cm³/mol. The van der Waals surface area contributed by atoms with Gasteiger partial charge in [0.15, 0.2) is 0 Å². The molecule has 22 heavy (non-hydrogen) atoms. The highest BCUT2D eigenvalue weighted by Gasteiger charge is 2.39. The van der Waals surface area contributed by atoms with Crippen molar-refractivity contribution in [1.29, 1.82) is 0 Å². The molecule has 3 atom stereocenters. The third-order valence-corrected chi connectivity index (χ3v) is 4.94. The van der Waals surface area contributed by atoms with Crippen LogP contribution in [-0.4, -0.2) is 17.9 Å². The summed E-state index contributed by atoms with van der Waals surface area (Å²) in [7, 11) is 0. The van der Waals surface area contributed by atoms with E-state index < -0.39 is 0 Å². The second-order valence-corrected chi connectivity index (χ2v) is 6.70. The van der Waals surface area contributed by atoms with Crippen molar-refractivity contribution >= 4 is 17.5 Å². The van der Waals surface area contributed by atoms with E-state index in [0.717, 1.165) is 31.4 Å². The van der Waals surface area contributed by atoms with Crippen LogP contribution in [0.1, 0.15) is 36.0 Å². The number of fused-ring (bicyclic) bond motifs is 2. The van der Waals surface area contributed by atoms with Gasteiger partial charge in [-0.25, -0.2) is 0 Å². The van der Waals surface area contributed by atoms with Gasteiger partial charge in [-0.1, -0.05) is 12.2 Å². The summed E-state index contributed by atoms with van der Waals surface area (Å²) >= 11 is 0. The number of carbonyl (C=O) groups excluding carboxylic acids is 2. The Morgan fingerprint density at radius 1 is 1.00 bits per heavy atom. The number of benzene rings is 1. The van der Waals surface area contributed by atoms with Crippen LogP contribution in [0.25, 0.3) is 0 Å². The molecule has 114 valence electrons. The lowest BCUT2D eigenvalue weighted by Crippen LogP contribution is -2.26. The summed E-state index contributed by atoms with van der Waals surface area (Å²) in [4.78, 5) is 24.3. The van der Waals surface area contributed by atoms with E-state index in [1.807, 2.05) is 12.1 Å². The minimum Gasteiger partial charge on any atom is -0.349 e.